The fourth-order valence-corrected chi connectivity index (χ4v) is 2.08. The molecule has 0 aliphatic carbocycles. The van der Waals surface area contributed by atoms with Crippen molar-refractivity contribution in [2.45, 2.75) is 6.92 Å². The minimum Gasteiger partial charge on any atom is -0.495 e. The molecule has 0 aromatic heterocycles. The van der Waals surface area contributed by atoms with Crippen LogP contribution in [0.5, 0.6) is 5.75 Å². The number of ether oxygens (including phenoxy) is 1. The van der Waals surface area contributed by atoms with Gasteiger partial charge in [-0.3, -0.25) is 14.5 Å². The maximum absolute atomic E-state index is 12.0. The Hall–Kier alpha value is -2.57. The quantitative estimate of drug-likeness (QED) is 0.834. The van der Waals surface area contributed by atoms with Crippen LogP contribution in [0.4, 0.5) is 10.5 Å². The molecular formula is C14H17N3O4. The van der Waals surface area contributed by atoms with E-state index in [-0.39, 0.29) is 19.0 Å². The lowest BCUT2D eigenvalue weighted by atomic mass is 10.2. The minimum atomic E-state index is -0.466. The highest BCUT2D eigenvalue weighted by atomic mass is 16.5. The Morgan fingerprint density at radius 2 is 2.10 bits per heavy atom. The van der Waals surface area contributed by atoms with Gasteiger partial charge in [0.1, 0.15) is 18.8 Å². The molecule has 1 aliphatic heterocycles. The summed E-state index contributed by atoms with van der Waals surface area (Å²) in [5, 5.41) is 2.66. The lowest BCUT2D eigenvalue weighted by molar-refractivity contribution is -0.129. The summed E-state index contributed by atoms with van der Waals surface area (Å²) in [6.07, 6.45) is 0. The summed E-state index contributed by atoms with van der Waals surface area (Å²) in [6.45, 7) is 1.58. The number of carbonyl (C=O) groups is 3. The van der Waals surface area contributed by atoms with Gasteiger partial charge in [0.15, 0.2) is 0 Å². The van der Waals surface area contributed by atoms with Crippen LogP contribution in [-0.2, 0) is 9.59 Å². The fraction of sp³-hybridized carbons (Fsp3) is 0.357. The number of benzene rings is 1. The number of nitrogens with zero attached hydrogens (tertiary/aromatic N) is 2. The highest BCUT2D eigenvalue weighted by Crippen LogP contribution is 2.25. The Balaban J connectivity index is 2.07. The number of hydrogen-bond donors (Lipinski definition) is 1. The standard InChI is InChI=1S/C14H17N3O4/c1-9-4-5-11(21-3)10(6-9)15-12(18)7-17-13(19)8-16(2)14(17)20/h4-6H,7-8H2,1-3H3,(H,15,18). The van der Waals surface area contributed by atoms with Gasteiger partial charge in [0.25, 0.3) is 5.91 Å². The van der Waals surface area contributed by atoms with Gasteiger partial charge in [-0.15, -0.1) is 0 Å². The molecule has 1 aliphatic rings. The molecule has 0 bridgehead atoms. The van der Waals surface area contributed by atoms with Crippen LogP contribution >= 0.6 is 0 Å². The molecule has 4 amide bonds. The van der Waals surface area contributed by atoms with E-state index in [4.69, 9.17) is 4.74 Å². The smallest absolute Gasteiger partial charge is 0.327 e. The molecule has 1 saturated heterocycles. The van der Waals surface area contributed by atoms with Gasteiger partial charge < -0.3 is 15.0 Å². The Morgan fingerprint density at radius 3 is 2.67 bits per heavy atom. The summed E-state index contributed by atoms with van der Waals surface area (Å²) >= 11 is 0. The number of rotatable bonds is 4. The molecule has 1 heterocycles. The van der Waals surface area contributed by atoms with Gasteiger partial charge >= 0.3 is 6.03 Å². The van der Waals surface area contributed by atoms with Gasteiger partial charge in [-0.2, -0.15) is 0 Å². The van der Waals surface area contributed by atoms with Gasteiger partial charge in [-0.1, -0.05) is 6.07 Å². The molecule has 1 N–H and O–H groups in total. The van der Waals surface area contributed by atoms with Crippen molar-refractivity contribution >= 4 is 23.5 Å². The van der Waals surface area contributed by atoms with E-state index in [9.17, 15) is 14.4 Å². The monoisotopic (exact) mass is 291 g/mol. The van der Waals surface area contributed by atoms with Crippen molar-refractivity contribution in [3.63, 3.8) is 0 Å². The molecule has 2 rings (SSSR count). The summed E-state index contributed by atoms with van der Waals surface area (Å²) in [5.74, 6) is -0.310. The van der Waals surface area contributed by atoms with Crippen molar-refractivity contribution < 1.29 is 19.1 Å². The molecule has 112 valence electrons. The topological polar surface area (TPSA) is 79.0 Å². The van der Waals surface area contributed by atoms with Crippen LogP contribution in [0.25, 0.3) is 0 Å². The van der Waals surface area contributed by atoms with Crippen LogP contribution in [0.2, 0.25) is 0 Å². The first-order valence-corrected chi connectivity index (χ1v) is 6.42. The van der Waals surface area contributed by atoms with E-state index in [0.29, 0.717) is 11.4 Å². The molecule has 1 aromatic rings. The molecule has 0 spiro atoms. The van der Waals surface area contributed by atoms with E-state index in [1.165, 1.54) is 19.1 Å². The lowest BCUT2D eigenvalue weighted by Crippen LogP contribution is -2.38. The molecule has 21 heavy (non-hydrogen) atoms. The van der Waals surface area contributed by atoms with Crippen LogP contribution < -0.4 is 10.1 Å². The van der Waals surface area contributed by atoms with Gasteiger partial charge in [0.2, 0.25) is 5.91 Å². The molecule has 1 aromatic carbocycles. The zero-order chi connectivity index (χ0) is 15.6. The van der Waals surface area contributed by atoms with E-state index in [1.54, 1.807) is 12.1 Å². The summed E-state index contributed by atoms with van der Waals surface area (Å²) in [6, 6.07) is 4.89. The fourth-order valence-electron chi connectivity index (χ4n) is 2.08. The van der Waals surface area contributed by atoms with Crippen LogP contribution in [0.15, 0.2) is 18.2 Å². The predicted octanol–water partition coefficient (Wildman–Crippen LogP) is 0.836. The summed E-state index contributed by atoms with van der Waals surface area (Å²) in [5.41, 5.74) is 1.47. The van der Waals surface area contributed by atoms with Crippen molar-refractivity contribution in [3.8, 4) is 5.75 Å². The number of urea groups is 1. The Labute approximate surface area is 122 Å². The highest BCUT2D eigenvalue weighted by Gasteiger charge is 2.34. The van der Waals surface area contributed by atoms with Gasteiger partial charge in [-0.25, -0.2) is 4.79 Å². The third kappa shape index (κ3) is 3.13. The van der Waals surface area contributed by atoms with E-state index >= 15 is 0 Å². The molecule has 0 saturated carbocycles. The third-order valence-corrected chi connectivity index (χ3v) is 3.16. The van der Waals surface area contributed by atoms with Gasteiger partial charge in [0.05, 0.1) is 12.8 Å². The van der Waals surface area contributed by atoms with Crippen molar-refractivity contribution in [3.05, 3.63) is 23.8 Å². The van der Waals surface area contributed by atoms with Crippen LogP contribution in [0.1, 0.15) is 5.56 Å². The van der Waals surface area contributed by atoms with Crippen LogP contribution in [0, 0.1) is 6.92 Å². The number of likely N-dealkylation sites (N-methyl/N-ethyl adjacent to an activating group) is 1. The van der Waals surface area contributed by atoms with E-state index < -0.39 is 11.9 Å². The highest BCUT2D eigenvalue weighted by molar-refractivity contribution is 6.06. The Bertz CT molecular complexity index is 600. The van der Waals surface area contributed by atoms with Crippen molar-refractivity contribution in [1.82, 2.24) is 9.80 Å². The molecule has 0 atom stereocenters. The van der Waals surface area contributed by atoms with Gasteiger partial charge in [-0.05, 0) is 24.6 Å². The second-order valence-corrected chi connectivity index (χ2v) is 4.87. The largest absolute Gasteiger partial charge is 0.495 e. The van der Waals surface area contributed by atoms with Gasteiger partial charge in [0, 0.05) is 7.05 Å². The average Bonchev–Trinajstić information content (AvgIpc) is 2.66. The first-order valence-electron chi connectivity index (χ1n) is 6.42. The van der Waals surface area contributed by atoms with Crippen molar-refractivity contribution in [1.29, 1.82) is 0 Å². The summed E-state index contributed by atoms with van der Waals surface area (Å²) in [4.78, 5) is 37.5. The first kappa shape index (κ1) is 14.8. The average molecular weight is 291 g/mol. The maximum atomic E-state index is 12.0. The number of nitrogens with one attached hydrogen (secondary N) is 1. The summed E-state index contributed by atoms with van der Waals surface area (Å²) in [7, 11) is 3.02. The maximum Gasteiger partial charge on any atom is 0.327 e. The molecule has 1 fully saturated rings. The van der Waals surface area contributed by atoms with Crippen molar-refractivity contribution in [2.24, 2.45) is 0 Å². The van der Waals surface area contributed by atoms with Crippen LogP contribution in [0.3, 0.4) is 0 Å². The molecule has 0 unspecified atom stereocenters. The molecule has 7 heteroatoms. The van der Waals surface area contributed by atoms with E-state index in [0.717, 1.165) is 10.5 Å². The zero-order valence-corrected chi connectivity index (χ0v) is 12.2. The molecular weight excluding hydrogens is 274 g/mol. The second kappa shape index (κ2) is 5.82. The number of imide groups is 1. The summed E-state index contributed by atoms with van der Waals surface area (Å²) < 4.78 is 5.16. The SMILES string of the molecule is COc1ccc(C)cc1NC(=O)CN1C(=O)CN(C)C1=O. The number of aryl methyl sites for hydroxylation is 1. The molecule has 0 radical (unpaired) electrons. The normalized spacial score (nSPS) is 14.6. The minimum absolute atomic E-state index is 0.000119. The second-order valence-electron chi connectivity index (χ2n) is 4.87. The predicted molar refractivity (Wildman–Crippen MR) is 76.1 cm³/mol. The zero-order valence-electron chi connectivity index (χ0n) is 12.2. The number of amides is 4. The third-order valence-electron chi connectivity index (χ3n) is 3.16. The Kier molecular flexibility index (Phi) is 4.11. The first-order chi connectivity index (χ1) is 9.92. The molecule has 7 nitrogen and oxygen atoms in total. The Morgan fingerprint density at radius 1 is 1.38 bits per heavy atom. The van der Waals surface area contributed by atoms with Crippen LogP contribution in [-0.4, -0.2) is 54.9 Å². The number of methoxy groups -OCH3 is 1. The number of anilines is 1. The van der Waals surface area contributed by atoms with E-state index in [2.05, 4.69) is 5.32 Å². The lowest BCUT2D eigenvalue weighted by Gasteiger charge is -2.15. The number of hydrogen-bond acceptors (Lipinski definition) is 4. The van der Waals surface area contributed by atoms with E-state index in [1.807, 2.05) is 13.0 Å². The number of carbonyl (C=O) groups excluding carboxylic acids is 3. The van der Waals surface area contributed by atoms with Crippen molar-refractivity contribution in [2.75, 3.05) is 32.6 Å².